The SMILES string of the molecule is C=CCCCCCCCOc1ccc(C(=O)Oc2ccc(OCCCC3CCC(CCCCC)CC3)cc2)cc1. The van der Waals surface area contributed by atoms with Gasteiger partial charge in [0, 0.05) is 0 Å². The van der Waals surface area contributed by atoms with Gasteiger partial charge in [0.1, 0.15) is 17.2 Å². The molecule has 0 bridgehead atoms. The van der Waals surface area contributed by atoms with Gasteiger partial charge in [0.25, 0.3) is 0 Å². The van der Waals surface area contributed by atoms with E-state index in [1.165, 1.54) is 83.5 Å². The average Bonchev–Trinajstić information content (AvgIpc) is 2.98. The lowest BCUT2D eigenvalue weighted by atomic mass is 9.78. The van der Waals surface area contributed by atoms with Crippen LogP contribution in [-0.4, -0.2) is 19.2 Å². The zero-order valence-electron chi connectivity index (χ0n) is 24.9. The van der Waals surface area contributed by atoms with E-state index in [4.69, 9.17) is 14.2 Å². The van der Waals surface area contributed by atoms with Gasteiger partial charge >= 0.3 is 5.97 Å². The molecule has 0 radical (unpaired) electrons. The Morgan fingerprint density at radius 1 is 0.700 bits per heavy atom. The van der Waals surface area contributed by atoms with E-state index in [0.29, 0.717) is 17.9 Å². The molecule has 0 aromatic heterocycles. The minimum atomic E-state index is -0.375. The lowest BCUT2D eigenvalue weighted by Crippen LogP contribution is -2.15. The molecule has 0 aliphatic heterocycles. The predicted octanol–water partition coefficient (Wildman–Crippen LogP) is 10.4. The van der Waals surface area contributed by atoms with Crippen LogP contribution in [-0.2, 0) is 0 Å². The molecule has 1 fully saturated rings. The topological polar surface area (TPSA) is 44.8 Å². The Hall–Kier alpha value is -2.75. The Morgan fingerprint density at radius 2 is 1.23 bits per heavy atom. The number of allylic oxidation sites excluding steroid dienone is 1. The van der Waals surface area contributed by atoms with Crippen LogP contribution in [0.4, 0.5) is 0 Å². The molecule has 2 aromatic carbocycles. The van der Waals surface area contributed by atoms with Crippen LogP contribution in [0.1, 0.15) is 120 Å². The monoisotopic (exact) mass is 548 g/mol. The molecule has 0 N–H and O–H groups in total. The lowest BCUT2D eigenvalue weighted by molar-refractivity contribution is 0.0734. The average molecular weight is 549 g/mol. The van der Waals surface area contributed by atoms with Crippen LogP contribution >= 0.6 is 0 Å². The molecule has 0 atom stereocenters. The highest BCUT2D eigenvalue weighted by Gasteiger charge is 2.20. The van der Waals surface area contributed by atoms with E-state index < -0.39 is 0 Å². The van der Waals surface area contributed by atoms with Gasteiger partial charge in [-0.3, -0.25) is 0 Å². The summed E-state index contributed by atoms with van der Waals surface area (Å²) in [5, 5.41) is 0. The molecule has 2 aromatic rings. The summed E-state index contributed by atoms with van der Waals surface area (Å²) in [4.78, 5) is 12.6. The van der Waals surface area contributed by atoms with E-state index in [1.807, 2.05) is 30.3 Å². The first-order valence-electron chi connectivity index (χ1n) is 16.0. The highest BCUT2D eigenvalue weighted by Crippen LogP contribution is 2.34. The van der Waals surface area contributed by atoms with E-state index in [2.05, 4.69) is 13.5 Å². The minimum Gasteiger partial charge on any atom is -0.494 e. The highest BCUT2D eigenvalue weighted by atomic mass is 16.5. The first kappa shape index (κ1) is 31.8. The van der Waals surface area contributed by atoms with E-state index in [9.17, 15) is 4.79 Å². The van der Waals surface area contributed by atoms with E-state index in [1.54, 1.807) is 24.3 Å². The van der Waals surface area contributed by atoms with Crippen molar-refractivity contribution in [2.24, 2.45) is 11.8 Å². The Bertz CT molecular complexity index is 942. The second-order valence-corrected chi connectivity index (χ2v) is 11.5. The summed E-state index contributed by atoms with van der Waals surface area (Å²) >= 11 is 0. The lowest BCUT2D eigenvalue weighted by Gasteiger charge is -2.28. The molecule has 0 amide bonds. The molecule has 4 nitrogen and oxygen atoms in total. The van der Waals surface area contributed by atoms with Crippen molar-refractivity contribution in [2.75, 3.05) is 13.2 Å². The van der Waals surface area contributed by atoms with Gasteiger partial charge < -0.3 is 14.2 Å². The third kappa shape index (κ3) is 12.6. The number of benzene rings is 2. The van der Waals surface area contributed by atoms with Crippen LogP contribution in [0, 0.1) is 11.8 Å². The fourth-order valence-corrected chi connectivity index (χ4v) is 5.62. The summed E-state index contributed by atoms with van der Waals surface area (Å²) in [6.07, 6.45) is 22.6. The maximum Gasteiger partial charge on any atom is 0.343 e. The summed E-state index contributed by atoms with van der Waals surface area (Å²) in [7, 11) is 0. The molecule has 0 spiro atoms. The largest absolute Gasteiger partial charge is 0.494 e. The predicted molar refractivity (Wildman–Crippen MR) is 166 cm³/mol. The standard InChI is InChI=1S/C36H52O4/c1-3-5-7-8-9-10-12-28-38-33-22-20-32(21-23-33)36(37)40-35-26-24-34(25-27-35)39-29-13-15-31-18-16-30(17-19-31)14-11-6-4-2/h3,20-27,30-31H,1,4-19,28-29H2,2H3. The molecule has 0 unspecified atom stereocenters. The van der Waals surface area contributed by atoms with Crippen LogP contribution in [0.2, 0.25) is 0 Å². The van der Waals surface area contributed by atoms with Gasteiger partial charge in [-0.25, -0.2) is 4.79 Å². The van der Waals surface area contributed by atoms with Crippen molar-refractivity contribution in [1.29, 1.82) is 0 Å². The number of hydrogen-bond acceptors (Lipinski definition) is 4. The van der Waals surface area contributed by atoms with Crippen LogP contribution < -0.4 is 14.2 Å². The molecule has 4 heteroatoms. The van der Waals surface area contributed by atoms with E-state index >= 15 is 0 Å². The van der Waals surface area contributed by atoms with Gasteiger partial charge in [-0.05, 0) is 92.5 Å². The maximum absolute atomic E-state index is 12.6. The molecular weight excluding hydrogens is 496 g/mol. The summed E-state index contributed by atoms with van der Waals surface area (Å²) in [6, 6.07) is 14.5. The number of esters is 1. The molecule has 0 heterocycles. The normalized spacial score (nSPS) is 16.8. The zero-order chi connectivity index (χ0) is 28.3. The first-order chi connectivity index (χ1) is 19.7. The van der Waals surface area contributed by atoms with Crippen LogP contribution in [0.15, 0.2) is 61.2 Å². The Morgan fingerprint density at radius 3 is 1.85 bits per heavy atom. The fourth-order valence-electron chi connectivity index (χ4n) is 5.62. The third-order valence-corrected chi connectivity index (χ3v) is 8.15. The summed E-state index contributed by atoms with van der Waals surface area (Å²) in [6.45, 7) is 7.48. The quantitative estimate of drug-likeness (QED) is 0.0714. The Kier molecular flexibility index (Phi) is 15.4. The van der Waals surface area contributed by atoms with Crippen molar-refractivity contribution in [3.63, 3.8) is 0 Å². The third-order valence-electron chi connectivity index (χ3n) is 8.15. The molecule has 0 saturated heterocycles. The maximum atomic E-state index is 12.6. The Balaban J connectivity index is 1.27. The number of rotatable bonds is 20. The van der Waals surface area contributed by atoms with Crippen LogP contribution in [0.25, 0.3) is 0 Å². The molecule has 1 saturated carbocycles. The van der Waals surface area contributed by atoms with Crippen molar-refractivity contribution >= 4 is 5.97 Å². The fraction of sp³-hybridized carbons (Fsp3) is 0.583. The second kappa shape index (κ2) is 19.3. The highest BCUT2D eigenvalue weighted by molar-refractivity contribution is 5.91. The second-order valence-electron chi connectivity index (χ2n) is 11.5. The van der Waals surface area contributed by atoms with E-state index in [-0.39, 0.29) is 5.97 Å². The van der Waals surface area contributed by atoms with Gasteiger partial charge in [-0.2, -0.15) is 0 Å². The summed E-state index contributed by atoms with van der Waals surface area (Å²) < 4.78 is 17.3. The molecule has 1 aliphatic rings. The molecular formula is C36H52O4. The Labute approximate surface area is 243 Å². The van der Waals surface area contributed by atoms with Crippen LogP contribution in [0.3, 0.4) is 0 Å². The number of carbonyl (C=O) groups excluding carboxylic acids is 1. The molecule has 1 aliphatic carbocycles. The first-order valence-corrected chi connectivity index (χ1v) is 16.0. The smallest absolute Gasteiger partial charge is 0.343 e. The molecule has 220 valence electrons. The minimum absolute atomic E-state index is 0.375. The van der Waals surface area contributed by atoms with Gasteiger partial charge in [-0.1, -0.05) is 83.6 Å². The number of carbonyl (C=O) groups is 1. The van der Waals surface area contributed by atoms with Gasteiger partial charge in [0.15, 0.2) is 0 Å². The van der Waals surface area contributed by atoms with Crippen molar-refractivity contribution in [1.82, 2.24) is 0 Å². The van der Waals surface area contributed by atoms with Crippen LogP contribution in [0.5, 0.6) is 17.2 Å². The number of unbranched alkanes of at least 4 members (excludes halogenated alkanes) is 7. The number of ether oxygens (including phenoxy) is 3. The molecule has 40 heavy (non-hydrogen) atoms. The summed E-state index contributed by atoms with van der Waals surface area (Å²) in [5.74, 6) is 3.58. The number of hydrogen-bond donors (Lipinski definition) is 0. The summed E-state index contributed by atoms with van der Waals surface area (Å²) in [5.41, 5.74) is 0.505. The van der Waals surface area contributed by atoms with Gasteiger partial charge in [-0.15, -0.1) is 6.58 Å². The molecule has 3 rings (SSSR count). The van der Waals surface area contributed by atoms with Gasteiger partial charge in [0.05, 0.1) is 18.8 Å². The van der Waals surface area contributed by atoms with Crippen molar-refractivity contribution in [3.8, 4) is 17.2 Å². The van der Waals surface area contributed by atoms with Crippen molar-refractivity contribution in [2.45, 2.75) is 110 Å². The van der Waals surface area contributed by atoms with Gasteiger partial charge in [0.2, 0.25) is 0 Å². The van der Waals surface area contributed by atoms with E-state index in [0.717, 1.165) is 49.2 Å². The zero-order valence-corrected chi connectivity index (χ0v) is 24.9. The van der Waals surface area contributed by atoms with Crippen molar-refractivity contribution in [3.05, 3.63) is 66.7 Å². The van der Waals surface area contributed by atoms with Crippen molar-refractivity contribution < 1.29 is 19.0 Å².